The van der Waals surface area contributed by atoms with Crippen LogP contribution in [0.2, 0.25) is 0 Å². The Hall–Kier alpha value is -5.84. The van der Waals surface area contributed by atoms with Gasteiger partial charge in [-0.05, 0) is 108 Å². The first-order valence-electron chi connectivity index (χ1n) is 28.3. The van der Waals surface area contributed by atoms with Crippen LogP contribution < -0.4 is 46.0 Å². The first-order chi connectivity index (χ1) is 38.7. The van der Waals surface area contributed by atoms with Crippen molar-refractivity contribution in [2.75, 3.05) is 62.3 Å². The predicted octanol–water partition coefficient (Wildman–Crippen LogP) is 5.52. The van der Waals surface area contributed by atoms with E-state index in [1.807, 2.05) is 18.2 Å². The Morgan fingerprint density at radius 2 is 1.66 bits per heavy atom. The maximum Gasteiger partial charge on any atom is 0.470 e. The summed E-state index contributed by atoms with van der Waals surface area (Å²) in [6.45, 7) is 20.2. The summed E-state index contributed by atoms with van der Waals surface area (Å²) in [5.41, 5.74) is 13.2. The highest BCUT2D eigenvalue weighted by molar-refractivity contribution is 7.46. The summed E-state index contributed by atoms with van der Waals surface area (Å²) in [5.74, 6) is 1.91. The molecule has 1 fully saturated rings. The second-order valence-corrected chi connectivity index (χ2v) is 25.7. The van der Waals surface area contributed by atoms with Crippen molar-refractivity contribution in [2.24, 2.45) is 0 Å². The van der Waals surface area contributed by atoms with Gasteiger partial charge in [-0.25, -0.2) is 24.1 Å². The van der Waals surface area contributed by atoms with E-state index in [1.54, 1.807) is 11.9 Å². The number of amides is 2. The van der Waals surface area contributed by atoms with E-state index in [1.165, 1.54) is 26.7 Å². The van der Waals surface area contributed by atoms with Gasteiger partial charge in [-0.15, -0.1) is 0 Å². The number of nitrogens with zero attached hydrogens (tertiary/aromatic N) is 7. The number of nitrogens with two attached hydrogens (primary N) is 1. The van der Waals surface area contributed by atoms with E-state index >= 15 is 0 Å². The van der Waals surface area contributed by atoms with Gasteiger partial charge in [-0.1, -0.05) is 44.9 Å². The Kier molecular flexibility index (Phi) is 17.8. The van der Waals surface area contributed by atoms with Crippen molar-refractivity contribution in [1.29, 1.82) is 0 Å². The summed E-state index contributed by atoms with van der Waals surface area (Å²) in [5, 5.41) is 19.3. The van der Waals surface area contributed by atoms with Crippen molar-refractivity contribution >= 4 is 61.7 Å². The van der Waals surface area contributed by atoms with Gasteiger partial charge in [-0.3, -0.25) is 23.2 Å². The molecule has 1 saturated heterocycles. The molecule has 23 nitrogen and oxygen atoms in total. The molecule has 2 amide bonds. The summed E-state index contributed by atoms with van der Waals surface area (Å²) >= 11 is 0. The SMILES string of the molecule is CCN1c2cc3c(cc2C(C)CC1(C)C)C(c1ccccc1C(=O)N(C)CCCC(=O)NCCCCCCNc1nc2c(N)ncnc2n1[C@@H]1O[C@H](COP(=O)([O-])O)[C@@H](O)[C@H]1OP(=O)(O)O)=c1cc2c(cc1O3)=[N+](CC)C(C)(C)CC2C. The van der Waals surface area contributed by atoms with Gasteiger partial charge in [0.2, 0.25) is 17.2 Å². The number of aromatic nitrogens is 4. The molecule has 8 N–H and O–H groups in total. The van der Waals surface area contributed by atoms with Gasteiger partial charge in [0.05, 0.1) is 12.7 Å². The van der Waals surface area contributed by atoms with Crippen LogP contribution in [0.5, 0.6) is 11.5 Å². The summed E-state index contributed by atoms with van der Waals surface area (Å²) in [6, 6.07) is 16.9. The molecule has 25 heteroatoms. The number of unbranched alkanes of at least 4 members (excludes halogenated alkanes) is 3. The molecule has 444 valence electrons. The van der Waals surface area contributed by atoms with Crippen LogP contribution in [0.15, 0.2) is 54.9 Å². The molecule has 9 rings (SSSR count). The normalized spacial score (nSPS) is 22.4. The number of nitrogen functional groups attached to an aromatic ring is 1. The molecular weight excluding hydrogens is 1090 g/mol. The van der Waals surface area contributed by atoms with Crippen LogP contribution in [0.1, 0.15) is 157 Å². The van der Waals surface area contributed by atoms with Gasteiger partial charge < -0.3 is 64.8 Å². The van der Waals surface area contributed by atoms with E-state index in [9.17, 15) is 38.5 Å². The third kappa shape index (κ3) is 12.6. The van der Waals surface area contributed by atoms with Gasteiger partial charge >= 0.3 is 7.82 Å². The number of aliphatic hydroxyl groups excluding tert-OH is 1. The average molecular weight is 1170 g/mol. The van der Waals surface area contributed by atoms with E-state index in [0.717, 1.165) is 78.5 Å². The predicted molar refractivity (Wildman–Crippen MR) is 308 cm³/mol. The van der Waals surface area contributed by atoms with Crippen molar-refractivity contribution in [3.8, 4) is 11.5 Å². The number of phosphoric ester groups is 2. The molecule has 4 aliphatic rings. The summed E-state index contributed by atoms with van der Waals surface area (Å²) < 4.78 is 49.3. The number of rotatable bonds is 22. The topological polar surface area (TPSA) is 312 Å². The van der Waals surface area contributed by atoms with Crippen molar-refractivity contribution in [1.82, 2.24) is 34.3 Å². The minimum absolute atomic E-state index is 0.0293. The highest BCUT2D eigenvalue weighted by Crippen LogP contribution is 2.50. The number of carbonyl (C=O) groups excluding carboxylic acids is 2. The standard InChI is InChI=1S/C57H78N10O13P2/c1-10-65-41-27-43-39(25-37(41)33(3)29-56(65,5)6)47(40-26-38-34(4)30-57(7,8)66(11-2)42(38)28-44(40)78-43)35-19-14-15-20-36(35)53(70)64(9)24-18-21-46(68)59-22-16-12-13-17-23-60-55-63-48-51(58)61-32-62-52(48)67(55)54-50(80-82(74,75)76)49(69)45(79-54)31-77-81(71,72)73/h14-15,19-20,25-28,32-34,45,49-50,54,58,69H,10-13,16-18,21-24,29-31H2,1-9H3,(H6,59,68,70,71,72,73,74,75,76)/t33?,34?,45-,49-,50-,54-/m1/s1. The van der Waals surface area contributed by atoms with Crippen molar-refractivity contribution in [3.63, 3.8) is 0 Å². The first kappa shape index (κ1) is 60.7. The molecule has 0 saturated carbocycles. The van der Waals surface area contributed by atoms with E-state index in [4.69, 9.17) is 24.6 Å². The fourth-order valence-corrected chi connectivity index (χ4v) is 13.8. The number of hydrogen-bond donors (Lipinski definition) is 7. The second-order valence-electron chi connectivity index (χ2n) is 23.3. The molecule has 0 spiro atoms. The highest BCUT2D eigenvalue weighted by Gasteiger charge is 2.50. The van der Waals surface area contributed by atoms with Crippen molar-refractivity contribution in [3.05, 3.63) is 93.3 Å². The molecule has 0 bridgehead atoms. The van der Waals surface area contributed by atoms with E-state index < -0.39 is 46.8 Å². The van der Waals surface area contributed by atoms with Gasteiger partial charge in [0, 0.05) is 90.8 Å². The lowest BCUT2D eigenvalue weighted by Crippen LogP contribution is -2.52. The molecule has 2 aromatic heterocycles. The Morgan fingerprint density at radius 1 is 0.939 bits per heavy atom. The molecule has 3 unspecified atom stereocenters. The first-order valence-corrected chi connectivity index (χ1v) is 31.3. The summed E-state index contributed by atoms with van der Waals surface area (Å²) in [6.07, 6.45) is -0.102. The number of hydrogen-bond acceptors (Lipinski definition) is 16. The summed E-state index contributed by atoms with van der Waals surface area (Å²) in [7, 11) is -8.75. The second kappa shape index (κ2) is 24.0. The number of fused-ring (bicyclic) bond motifs is 5. The zero-order valence-corrected chi connectivity index (χ0v) is 49.9. The van der Waals surface area contributed by atoms with Crippen LogP contribution in [-0.4, -0.2) is 132 Å². The maximum atomic E-state index is 14.7. The molecule has 0 aliphatic carbocycles. The number of ether oxygens (including phenoxy) is 2. The van der Waals surface area contributed by atoms with Crippen LogP contribution in [0.4, 0.5) is 17.5 Å². The van der Waals surface area contributed by atoms with Crippen LogP contribution >= 0.6 is 15.6 Å². The van der Waals surface area contributed by atoms with Crippen LogP contribution in [-0.2, 0) is 27.7 Å². The maximum absolute atomic E-state index is 14.7. The Labute approximate surface area is 477 Å². The smallest absolute Gasteiger partial charge is 0.470 e. The van der Waals surface area contributed by atoms with Crippen LogP contribution in [0, 0.1) is 0 Å². The zero-order valence-electron chi connectivity index (χ0n) is 48.1. The number of phosphoric acid groups is 2. The molecule has 5 aromatic rings. The minimum atomic E-state index is -5.27. The van der Waals surface area contributed by atoms with Crippen LogP contribution in [0.25, 0.3) is 16.7 Å². The van der Waals surface area contributed by atoms with Crippen molar-refractivity contribution < 1.29 is 61.9 Å². The monoisotopic (exact) mass is 1170 g/mol. The lowest BCUT2D eigenvalue weighted by atomic mass is 9.77. The molecule has 7 atom stereocenters. The quantitative estimate of drug-likeness (QED) is 0.0250. The van der Waals surface area contributed by atoms with Gasteiger partial charge in [0.15, 0.2) is 28.7 Å². The average Bonchev–Trinajstić information content (AvgIpc) is 1.27. The summed E-state index contributed by atoms with van der Waals surface area (Å²) in [4.78, 5) is 84.5. The zero-order chi connectivity index (χ0) is 59.2. The van der Waals surface area contributed by atoms with E-state index in [-0.39, 0.29) is 52.2 Å². The molecule has 4 aliphatic heterocycles. The molecule has 3 aromatic carbocycles. The minimum Gasteiger partial charge on any atom is -0.756 e. The Morgan fingerprint density at radius 3 is 2.37 bits per heavy atom. The Balaban J connectivity index is 0.830. The molecular formula is C57H78N10O13P2. The lowest BCUT2D eigenvalue weighted by molar-refractivity contribution is -0.222. The molecule has 0 radical (unpaired) electrons. The Bertz CT molecular complexity index is 3470. The van der Waals surface area contributed by atoms with Gasteiger partial charge in [-0.2, -0.15) is 0 Å². The number of aliphatic hydroxyl groups is 1. The highest BCUT2D eigenvalue weighted by atomic mass is 31.2. The van der Waals surface area contributed by atoms with Crippen LogP contribution in [0.3, 0.4) is 0 Å². The molecule has 6 heterocycles. The number of benzene rings is 3. The lowest BCUT2D eigenvalue weighted by Gasteiger charge is -2.47. The van der Waals surface area contributed by atoms with E-state index in [2.05, 4.69) is 125 Å². The van der Waals surface area contributed by atoms with Gasteiger partial charge in [0.1, 0.15) is 42.7 Å². The number of carbonyl (C=O) groups is 2. The fourth-order valence-electron chi connectivity index (χ4n) is 12.9. The number of nitrogens with one attached hydrogen (secondary N) is 2. The van der Waals surface area contributed by atoms with Crippen molar-refractivity contribution in [2.45, 2.75) is 154 Å². The fraction of sp³-hybridized carbons (Fsp3) is 0.544. The third-order valence-electron chi connectivity index (χ3n) is 16.5. The number of anilines is 3. The molecule has 82 heavy (non-hydrogen) atoms. The number of imidazole rings is 1. The third-order valence-corrected chi connectivity index (χ3v) is 17.5. The van der Waals surface area contributed by atoms with E-state index in [0.29, 0.717) is 56.3 Å². The van der Waals surface area contributed by atoms with Gasteiger partial charge in [0.25, 0.3) is 13.7 Å². The largest absolute Gasteiger partial charge is 0.756 e.